The van der Waals surface area contributed by atoms with Crippen molar-refractivity contribution in [2.75, 3.05) is 7.05 Å². The zero-order chi connectivity index (χ0) is 12.4. The largest absolute Gasteiger partial charge is 0.406 e. The van der Waals surface area contributed by atoms with Gasteiger partial charge in [0.05, 0.1) is 0 Å². The zero-order valence-electron chi connectivity index (χ0n) is 10.3. The molecule has 1 aliphatic carbocycles. The van der Waals surface area contributed by atoms with E-state index < -0.39 is 11.7 Å². The van der Waals surface area contributed by atoms with E-state index in [1.165, 1.54) is 7.05 Å². The smallest absolute Gasteiger partial charge is 0.307 e. The zero-order valence-corrected chi connectivity index (χ0v) is 10.3. The van der Waals surface area contributed by atoms with Gasteiger partial charge in [-0.3, -0.25) is 0 Å². The van der Waals surface area contributed by atoms with Crippen LogP contribution in [0.4, 0.5) is 13.2 Å². The SMILES string of the molecule is CNC1(C(F)(F)F)CCCC(C(C)C)CC1. The van der Waals surface area contributed by atoms with Crippen LogP contribution in [0.15, 0.2) is 0 Å². The van der Waals surface area contributed by atoms with E-state index >= 15 is 0 Å². The van der Waals surface area contributed by atoms with Crippen LogP contribution < -0.4 is 5.32 Å². The third-order valence-electron chi connectivity index (χ3n) is 4.08. The van der Waals surface area contributed by atoms with E-state index in [2.05, 4.69) is 19.2 Å². The summed E-state index contributed by atoms with van der Waals surface area (Å²) in [6.07, 6.45) is -1.42. The molecule has 0 aliphatic heterocycles. The van der Waals surface area contributed by atoms with Gasteiger partial charge in [0.2, 0.25) is 0 Å². The quantitative estimate of drug-likeness (QED) is 0.721. The van der Waals surface area contributed by atoms with E-state index in [9.17, 15) is 13.2 Å². The summed E-state index contributed by atoms with van der Waals surface area (Å²) >= 11 is 0. The van der Waals surface area contributed by atoms with E-state index in [0.29, 0.717) is 24.7 Å². The van der Waals surface area contributed by atoms with Gasteiger partial charge < -0.3 is 5.32 Å². The fourth-order valence-corrected chi connectivity index (χ4v) is 2.71. The van der Waals surface area contributed by atoms with E-state index in [4.69, 9.17) is 0 Å². The molecule has 96 valence electrons. The fourth-order valence-electron chi connectivity index (χ4n) is 2.71. The van der Waals surface area contributed by atoms with Gasteiger partial charge in [-0.05, 0) is 38.1 Å². The Balaban J connectivity index is 2.76. The Morgan fingerprint density at radius 1 is 1.19 bits per heavy atom. The van der Waals surface area contributed by atoms with E-state index in [-0.39, 0.29) is 12.8 Å². The molecule has 0 aromatic heterocycles. The van der Waals surface area contributed by atoms with Gasteiger partial charge in [-0.1, -0.05) is 26.7 Å². The Kier molecular flexibility index (Phi) is 4.27. The summed E-state index contributed by atoms with van der Waals surface area (Å²) in [5.74, 6) is 0.929. The van der Waals surface area contributed by atoms with Crippen LogP contribution in [0.2, 0.25) is 0 Å². The minimum Gasteiger partial charge on any atom is -0.307 e. The lowest BCUT2D eigenvalue weighted by atomic mass is 9.86. The van der Waals surface area contributed by atoms with Gasteiger partial charge in [-0.15, -0.1) is 0 Å². The lowest BCUT2D eigenvalue weighted by Crippen LogP contribution is -2.55. The Morgan fingerprint density at radius 3 is 2.25 bits per heavy atom. The van der Waals surface area contributed by atoms with Gasteiger partial charge in [0.25, 0.3) is 0 Å². The lowest BCUT2D eigenvalue weighted by Gasteiger charge is -2.34. The van der Waals surface area contributed by atoms with Crippen molar-refractivity contribution >= 4 is 0 Å². The Morgan fingerprint density at radius 2 is 1.81 bits per heavy atom. The first kappa shape index (κ1) is 13.8. The van der Waals surface area contributed by atoms with E-state index in [1.54, 1.807) is 0 Å². The highest BCUT2D eigenvalue weighted by molar-refractivity contribution is 4.96. The summed E-state index contributed by atoms with van der Waals surface area (Å²) in [5, 5.41) is 2.53. The lowest BCUT2D eigenvalue weighted by molar-refractivity contribution is -0.199. The summed E-state index contributed by atoms with van der Waals surface area (Å²) in [6.45, 7) is 4.20. The predicted octanol–water partition coefficient (Wildman–Crippen LogP) is 3.74. The van der Waals surface area contributed by atoms with E-state index in [0.717, 1.165) is 6.42 Å². The third kappa shape index (κ3) is 2.70. The molecule has 1 nitrogen and oxygen atoms in total. The first-order valence-corrected chi connectivity index (χ1v) is 6.08. The number of rotatable bonds is 2. The Hall–Kier alpha value is -0.250. The predicted molar refractivity (Wildman–Crippen MR) is 59.3 cm³/mol. The molecular weight excluding hydrogens is 215 g/mol. The van der Waals surface area contributed by atoms with Crippen LogP contribution in [-0.4, -0.2) is 18.8 Å². The average Bonchev–Trinajstić information content (AvgIpc) is 2.39. The molecule has 0 amide bonds. The highest BCUT2D eigenvalue weighted by atomic mass is 19.4. The van der Waals surface area contributed by atoms with Crippen molar-refractivity contribution in [1.29, 1.82) is 0 Å². The standard InChI is InChI=1S/C12H22F3N/c1-9(2)10-5-4-7-11(16-3,8-6-10)12(13,14)15/h9-10,16H,4-8H2,1-3H3. The molecule has 0 bridgehead atoms. The van der Waals surface area contributed by atoms with Gasteiger partial charge in [0, 0.05) is 0 Å². The van der Waals surface area contributed by atoms with E-state index in [1.807, 2.05) is 0 Å². The summed E-state index contributed by atoms with van der Waals surface area (Å²) in [7, 11) is 1.43. The number of nitrogens with one attached hydrogen (secondary N) is 1. The second kappa shape index (κ2) is 4.94. The van der Waals surface area contributed by atoms with Gasteiger partial charge in [-0.2, -0.15) is 13.2 Å². The molecule has 0 radical (unpaired) electrons. The summed E-state index contributed by atoms with van der Waals surface area (Å²) in [4.78, 5) is 0. The maximum atomic E-state index is 13.0. The van der Waals surface area contributed by atoms with Crippen LogP contribution in [0.3, 0.4) is 0 Å². The molecule has 1 fully saturated rings. The maximum absolute atomic E-state index is 13.0. The van der Waals surface area contributed by atoms with Gasteiger partial charge in [0.15, 0.2) is 0 Å². The van der Waals surface area contributed by atoms with Crippen LogP contribution in [0, 0.1) is 11.8 Å². The Labute approximate surface area is 95.8 Å². The molecule has 2 atom stereocenters. The molecular formula is C12H22F3N. The van der Waals surface area contributed by atoms with Crippen LogP contribution in [0.5, 0.6) is 0 Å². The second-order valence-corrected chi connectivity index (χ2v) is 5.26. The molecule has 16 heavy (non-hydrogen) atoms. The van der Waals surface area contributed by atoms with Crippen molar-refractivity contribution in [2.45, 2.75) is 57.7 Å². The first-order valence-electron chi connectivity index (χ1n) is 6.08. The summed E-state index contributed by atoms with van der Waals surface area (Å²) in [5.41, 5.74) is -1.64. The van der Waals surface area contributed by atoms with Crippen molar-refractivity contribution in [3.63, 3.8) is 0 Å². The minimum atomic E-state index is -4.13. The molecule has 2 unspecified atom stereocenters. The molecule has 1 aliphatic rings. The molecule has 1 saturated carbocycles. The second-order valence-electron chi connectivity index (χ2n) is 5.26. The molecule has 0 heterocycles. The van der Waals surface area contributed by atoms with Gasteiger partial charge >= 0.3 is 6.18 Å². The molecule has 4 heteroatoms. The van der Waals surface area contributed by atoms with Crippen LogP contribution in [-0.2, 0) is 0 Å². The molecule has 0 spiro atoms. The summed E-state index contributed by atoms with van der Waals surface area (Å²) in [6, 6.07) is 0. The third-order valence-corrected chi connectivity index (χ3v) is 4.08. The maximum Gasteiger partial charge on any atom is 0.406 e. The fraction of sp³-hybridized carbons (Fsp3) is 1.00. The highest BCUT2D eigenvalue weighted by Gasteiger charge is 2.53. The van der Waals surface area contributed by atoms with Crippen molar-refractivity contribution < 1.29 is 13.2 Å². The van der Waals surface area contributed by atoms with Crippen LogP contribution in [0.1, 0.15) is 46.0 Å². The van der Waals surface area contributed by atoms with Gasteiger partial charge in [0.1, 0.15) is 5.54 Å². The number of alkyl halides is 3. The molecule has 0 saturated heterocycles. The molecule has 0 aromatic carbocycles. The average molecular weight is 237 g/mol. The summed E-state index contributed by atoms with van der Waals surface area (Å²) < 4.78 is 39.1. The number of hydrogen-bond acceptors (Lipinski definition) is 1. The number of hydrogen-bond donors (Lipinski definition) is 1. The first-order chi connectivity index (χ1) is 7.32. The minimum absolute atomic E-state index is 0.218. The number of halogens is 3. The monoisotopic (exact) mass is 237 g/mol. The van der Waals surface area contributed by atoms with Crippen molar-refractivity contribution in [3.05, 3.63) is 0 Å². The molecule has 1 rings (SSSR count). The van der Waals surface area contributed by atoms with Gasteiger partial charge in [-0.25, -0.2) is 0 Å². The molecule has 1 N–H and O–H groups in total. The van der Waals surface area contributed by atoms with Crippen molar-refractivity contribution in [1.82, 2.24) is 5.32 Å². The molecule has 0 aromatic rings. The topological polar surface area (TPSA) is 12.0 Å². The normalized spacial score (nSPS) is 32.8. The van der Waals surface area contributed by atoms with Crippen LogP contribution >= 0.6 is 0 Å². The Bertz CT molecular complexity index is 225. The highest BCUT2D eigenvalue weighted by Crippen LogP contribution is 2.42. The van der Waals surface area contributed by atoms with Crippen LogP contribution in [0.25, 0.3) is 0 Å². The van der Waals surface area contributed by atoms with Crippen molar-refractivity contribution in [2.24, 2.45) is 11.8 Å². The van der Waals surface area contributed by atoms with Crippen molar-refractivity contribution in [3.8, 4) is 0 Å².